The first kappa shape index (κ1) is 13.0. The topological polar surface area (TPSA) is 62.2 Å². The molecule has 0 saturated heterocycles. The lowest BCUT2D eigenvalue weighted by Gasteiger charge is -2.16. The molecule has 1 rings (SSSR count). The second-order valence-electron chi connectivity index (χ2n) is 3.38. The van der Waals surface area contributed by atoms with Gasteiger partial charge >= 0.3 is 0 Å². The Balaban J connectivity index is 2.54. The van der Waals surface area contributed by atoms with E-state index >= 15 is 0 Å². The van der Waals surface area contributed by atoms with E-state index in [2.05, 4.69) is 10.3 Å². The van der Waals surface area contributed by atoms with Crippen molar-refractivity contribution >= 4 is 17.7 Å². The molecule has 5 heteroatoms. The summed E-state index contributed by atoms with van der Waals surface area (Å²) >= 11 is 1.65. The van der Waals surface area contributed by atoms with E-state index in [1.54, 1.807) is 30.1 Å². The molecule has 16 heavy (non-hydrogen) atoms. The van der Waals surface area contributed by atoms with Gasteiger partial charge in [-0.15, -0.1) is 0 Å². The third-order valence-corrected chi connectivity index (χ3v) is 2.84. The third kappa shape index (κ3) is 4.20. The number of rotatable bonds is 6. The van der Waals surface area contributed by atoms with Gasteiger partial charge in [0.25, 0.3) is 5.91 Å². The summed E-state index contributed by atoms with van der Waals surface area (Å²) in [6, 6.07) is 3.45. The van der Waals surface area contributed by atoms with E-state index in [1.165, 1.54) is 6.20 Å². The molecule has 0 radical (unpaired) electrons. The van der Waals surface area contributed by atoms with Crippen LogP contribution in [0.5, 0.6) is 0 Å². The van der Waals surface area contributed by atoms with E-state index in [0.29, 0.717) is 12.0 Å². The fraction of sp³-hybridized carbons (Fsp3) is 0.455. The molecular weight excluding hydrogens is 224 g/mol. The van der Waals surface area contributed by atoms with Crippen molar-refractivity contribution in [1.82, 2.24) is 10.3 Å². The number of carbonyl (C=O) groups is 1. The van der Waals surface area contributed by atoms with Crippen LogP contribution in [0.3, 0.4) is 0 Å². The van der Waals surface area contributed by atoms with Gasteiger partial charge < -0.3 is 10.4 Å². The van der Waals surface area contributed by atoms with E-state index in [1.807, 2.05) is 6.26 Å². The first-order valence-corrected chi connectivity index (χ1v) is 6.48. The van der Waals surface area contributed by atoms with Gasteiger partial charge in [-0.2, -0.15) is 11.8 Å². The summed E-state index contributed by atoms with van der Waals surface area (Å²) < 4.78 is 0. The Labute approximate surface area is 99.5 Å². The van der Waals surface area contributed by atoms with Crippen molar-refractivity contribution in [3.05, 3.63) is 30.1 Å². The van der Waals surface area contributed by atoms with E-state index in [0.717, 1.165) is 5.75 Å². The summed E-state index contributed by atoms with van der Waals surface area (Å²) in [6.07, 6.45) is 5.71. The van der Waals surface area contributed by atoms with Crippen molar-refractivity contribution in [3.8, 4) is 0 Å². The molecule has 0 bridgehead atoms. The molecule has 2 N–H and O–H groups in total. The standard InChI is InChI=1S/C11H16N2O2S/c1-16-8-10(4-6-14)13-11(15)9-3-2-5-12-7-9/h2-3,5,7,10,14H,4,6,8H2,1H3,(H,13,15). The van der Waals surface area contributed by atoms with Crippen molar-refractivity contribution in [3.63, 3.8) is 0 Å². The molecule has 1 unspecified atom stereocenters. The summed E-state index contributed by atoms with van der Waals surface area (Å²) in [6.45, 7) is 0.0819. The molecule has 4 nitrogen and oxygen atoms in total. The highest BCUT2D eigenvalue weighted by molar-refractivity contribution is 7.98. The molecular formula is C11H16N2O2S. The number of aliphatic hydroxyl groups is 1. The molecule has 0 fully saturated rings. The first-order chi connectivity index (χ1) is 7.77. The molecule has 0 spiro atoms. The van der Waals surface area contributed by atoms with Crippen molar-refractivity contribution in [2.75, 3.05) is 18.6 Å². The van der Waals surface area contributed by atoms with Crippen molar-refractivity contribution in [1.29, 1.82) is 0 Å². The maximum Gasteiger partial charge on any atom is 0.253 e. The molecule has 1 aromatic heterocycles. The minimum Gasteiger partial charge on any atom is -0.396 e. The predicted octanol–water partition coefficient (Wildman–Crippen LogP) is 0.925. The fourth-order valence-electron chi connectivity index (χ4n) is 1.32. The zero-order valence-electron chi connectivity index (χ0n) is 9.22. The first-order valence-electron chi connectivity index (χ1n) is 5.08. The molecule has 1 atom stereocenters. The van der Waals surface area contributed by atoms with Crippen LogP contribution in [0.25, 0.3) is 0 Å². The van der Waals surface area contributed by atoms with Gasteiger partial charge in [-0.05, 0) is 24.8 Å². The lowest BCUT2D eigenvalue weighted by molar-refractivity contribution is 0.0935. The highest BCUT2D eigenvalue weighted by Crippen LogP contribution is 2.03. The number of aromatic nitrogens is 1. The highest BCUT2D eigenvalue weighted by Gasteiger charge is 2.12. The maximum atomic E-state index is 11.8. The van der Waals surface area contributed by atoms with Gasteiger partial charge in [-0.3, -0.25) is 9.78 Å². The van der Waals surface area contributed by atoms with Gasteiger partial charge in [-0.25, -0.2) is 0 Å². The van der Waals surface area contributed by atoms with Crippen LogP contribution >= 0.6 is 11.8 Å². The number of pyridine rings is 1. The Bertz CT molecular complexity index is 313. The average molecular weight is 240 g/mol. The number of hydrogen-bond donors (Lipinski definition) is 2. The van der Waals surface area contributed by atoms with Gasteiger partial charge in [0, 0.05) is 30.8 Å². The normalized spacial score (nSPS) is 12.1. The number of aliphatic hydroxyl groups excluding tert-OH is 1. The number of hydrogen-bond acceptors (Lipinski definition) is 4. The number of nitrogens with one attached hydrogen (secondary N) is 1. The molecule has 88 valence electrons. The van der Waals surface area contributed by atoms with Crippen LogP contribution in [0, 0.1) is 0 Å². The van der Waals surface area contributed by atoms with Crippen LogP contribution in [0.1, 0.15) is 16.8 Å². The van der Waals surface area contributed by atoms with E-state index in [9.17, 15) is 4.79 Å². The summed E-state index contributed by atoms with van der Waals surface area (Å²) in [4.78, 5) is 15.7. The van der Waals surface area contributed by atoms with Crippen LogP contribution in [-0.4, -0.2) is 40.7 Å². The van der Waals surface area contributed by atoms with Gasteiger partial charge in [0.2, 0.25) is 0 Å². The zero-order valence-corrected chi connectivity index (χ0v) is 10.0. The largest absolute Gasteiger partial charge is 0.396 e. The lowest BCUT2D eigenvalue weighted by atomic mass is 10.2. The smallest absolute Gasteiger partial charge is 0.253 e. The Morgan fingerprint density at radius 2 is 2.50 bits per heavy atom. The van der Waals surface area contributed by atoms with Crippen LogP contribution in [0.4, 0.5) is 0 Å². The molecule has 1 aromatic rings. The number of amides is 1. The average Bonchev–Trinajstić information content (AvgIpc) is 2.31. The second kappa shape index (κ2) is 7.24. The minimum atomic E-state index is -0.138. The number of carbonyl (C=O) groups excluding carboxylic acids is 1. The minimum absolute atomic E-state index is 0.00714. The summed E-state index contributed by atoms with van der Waals surface area (Å²) in [5.41, 5.74) is 0.548. The second-order valence-corrected chi connectivity index (χ2v) is 4.29. The van der Waals surface area contributed by atoms with E-state index in [4.69, 9.17) is 5.11 Å². The summed E-state index contributed by atoms with van der Waals surface area (Å²) in [7, 11) is 0. The quantitative estimate of drug-likeness (QED) is 0.776. The Hall–Kier alpha value is -1.07. The molecule has 0 aromatic carbocycles. The van der Waals surface area contributed by atoms with E-state index in [-0.39, 0.29) is 18.6 Å². The Morgan fingerprint density at radius 1 is 1.69 bits per heavy atom. The van der Waals surface area contributed by atoms with Crippen LogP contribution in [0.2, 0.25) is 0 Å². The molecule has 1 heterocycles. The maximum absolute atomic E-state index is 11.8. The van der Waals surface area contributed by atoms with Crippen LogP contribution in [-0.2, 0) is 0 Å². The zero-order chi connectivity index (χ0) is 11.8. The van der Waals surface area contributed by atoms with E-state index < -0.39 is 0 Å². The predicted molar refractivity (Wildman–Crippen MR) is 65.6 cm³/mol. The van der Waals surface area contributed by atoms with Crippen molar-refractivity contribution in [2.45, 2.75) is 12.5 Å². The van der Waals surface area contributed by atoms with Crippen molar-refractivity contribution in [2.24, 2.45) is 0 Å². The lowest BCUT2D eigenvalue weighted by Crippen LogP contribution is -2.37. The molecule has 1 amide bonds. The number of thioether (sulfide) groups is 1. The molecule has 0 aliphatic rings. The third-order valence-electron chi connectivity index (χ3n) is 2.10. The van der Waals surface area contributed by atoms with Crippen LogP contribution in [0.15, 0.2) is 24.5 Å². The summed E-state index contributed by atoms with van der Waals surface area (Å²) in [5.74, 6) is 0.660. The Kier molecular flexibility index (Phi) is 5.88. The SMILES string of the molecule is CSCC(CCO)NC(=O)c1cccnc1. The monoisotopic (exact) mass is 240 g/mol. The van der Waals surface area contributed by atoms with Crippen molar-refractivity contribution < 1.29 is 9.90 Å². The number of nitrogens with zero attached hydrogens (tertiary/aromatic N) is 1. The molecule has 0 aliphatic carbocycles. The Morgan fingerprint density at radius 3 is 3.06 bits per heavy atom. The highest BCUT2D eigenvalue weighted by atomic mass is 32.2. The molecule has 0 saturated carbocycles. The van der Waals surface area contributed by atoms with Gasteiger partial charge in [0.1, 0.15) is 0 Å². The van der Waals surface area contributed by atoms with Crippen LogP contribution < -0.4 is 5.32 Å². The van der Waals surface area contributed by atoms with Gasteiger partial charge in [0.05, 0.1) is 5.56 Å². The van der Waals surface area contributed by atoms with Gasteiger partial charge in [-0.1, -0.05) is 0 Å². The summed E-state index contributed by atoms with van der Waals surface area (Å²) in [5, 5.41) is 11.7. The van der Waals surface area contributed by atoms with Gasteiger partial charge in [0.15, 0.2) is 0 Å². The molecule has 0 aliphatic heterocycles. The fourth-order valence-corrected chi connectivity index (χ4v) is 1.97.